The second kappa shape index (κ2) is 7.82. The zero-order valence-electron chi connectivity index (χ0n) is 15.5. The van der Waals surface area contributed by atoms with Crippen LogP contribution in [0.1, 0.15) is 43.1 Å². The average molecular weight is 368 g/mol. The van der Waals surface area contributed by atoms with E-state index < -0.39 is 0 Å². The SMILES string of the molecule is CCC1CCCCN1c1cc(C(=O)Nc2ccc3c(c2)OCCO3)ncn1. The molecule has 4 rings (SSSR count). The Morgan fingerprint density at radius 1 is 1.19 bits per heavy atom. The molecular weight excluding hydrogens is 344 g/mol. The Bertz CT molecular complexity index is 827. The van der Waals surface area contributed by atoms with Crippen molar-refractivity contribution in [1.82, 2.24) is 9.97 Å². The Balaban J connectivity index is 1.50. The van der Waals surface area contributed by atoms with Gasteiger partial charge in [0.1, 0.15) is 31.1 Å². The van der Waals surface area contributed by atoms with Gasteiger partial charge >= 0.3 is 0 Å². The highest BCUT2D eigenvalue weighted by Gasteiger charge is 2.23. The minimum absolute atomic E-state index is 0.264. The Kier molecular flexibility index (Phi) is 5.09. The number of nitrogens with zero attached hydrogens (tertiary/aromatic N) is 3. The number of fused-ring (bicyclic) bond motifs is 1. The predicted octanol–water partition coefficient (Wildman–Crippen LogP) is 3.27. The summed E-state index contributed by atoms with van der Waals surface area (Å²) in [6, 6.07) is 7.62. The first kappa shape index (κ1) is 17.6. The van der Waals surface area contributed by atoms with E-state index in [9.17, 15) is 4.79 Å². The van der Waals surface area contributed by atoms with E-state index in [0.29, 0.717) is 42.1 Å². The van der Waals surface area contributed by atoms with E-state index in [1.54, 1.807) is 24.3 Å². The average Bonchev–Trinajstić information content (AvgIpc) is 2.73. The molecule has 7 heteroatoms. The van der Waals surface area contributed by atoms with Crippen LogP contribution in [0.3, 0.4) is 0 Å². The van der Waals surface area contributed by atoms with Crippen molar-refractivity contribution in [3.63, 3.8) is 0 Å². The van der Waals surface area contributed by atoms with E-state index in [0.717, 1.165) is 25.2 Å². The molecule has 0 aliphatic carbocycles. The zero-order valence-corrected chi connectivity index (χ0v) is 15.5. The van der Waals surface area contributed by atoms with Crippen molar-refractivity contribution in [3.8, 4) is 11.5 Å². The molecule has 1 amide bonds. The molecule has 27 heavy (non-hydrogen) atoms. The highest BCUT2D eigenvalue weighted by atomic mass is 16.6. The topological polar surface area (TPSA) is 76.6 Å². The quantitative estimate of drug-likeness (QED) is 0.893. The van der Waals surface area contributed by atoms with Crippen LogP contribution in [-0.4, -0.2) is 41.7 Å². The molecule has 1 atom stereocenters. The van der Waals surface area contributed by atoms with Gasteiger partial charge in [-0.1, -0.05) is 6.92 Å². The van der Waals surface area contributed by atoms with Crippen molar-refractivity contribution in [2.75, 3.05) is 30.0 Å². The molecular formula is C20H24N4O3. The third-order valence-corrected chi connectivity index (χ3v) is 5.08. The van der Waals surface area contributed by atoms with E-state index in [-0.39, 0.29) is 5.91 Å². The van der Waals surface area contributed by atoms with E-state index in [1.165, 1.54) is 19.2 Å². The van der Waals surface area contributed by atoms with E-state index in [4.69, 9.17) is 9.47 Å². The number of hydrogen-bond donors (Lipinski definition) is 1. The number of hydrogen-bond acceptors (Lipinski definition) is 6. The van der Waals surface area contributed by atoms with Gasteiger partial charge in [-0.05, 0) is 37.8 Å². The first-order valence-electron chi connectivity index (χ1n) is 9.54. The predicted molar refractivity (Wildman–Crippen MR) is 103 cm³/mol. The minimum Gasteiger partial charge on any atom is -0.486 e. The van der Waals surface area contributed by atoms with Crippen LogP contribution in [0, 0.1) is 0 Å². The molecule has 0 saturated carbocycles. The molecule has 1 aromatic carbocycles. The number of anilines is 2. The first-order valence-corrected chi connectivity index (χ1v) is 9.54. The standard InChI is InChI=1S/C20H24N4O3/c1-2-15-5-3-4-8-24(15)19-12-16(21-13-22-19)20(25)23-14-6-7-17-18(11-14)27-10-9-26-17/h6-7,11-13,15H,2-5,8-10H2,1H3,(H,23,25). The van der Waals surface area contributed by atoms with E-state index in [1.807, 2.05) is 0 Å². The van der Waals surface area contributed by atoms with Crippen LogP contribution in [-0.2, 0) is 0 Å². The van der Waals surface area contributed by atoms with Crippen molar-refractivity contribution in [2.45, 2.75) is 38.6 Å². The van der Waals surface area contributed by atoms with Gasteiger partial charge < -0.3 is 19.7 Å². The molecule has 1 unspecified atom stereocenters. The maximum atomic E-state index is 12.7. The Labute approximate surface area is 158 Å². The Morgan fingerprint density at radius 3 is 2.89 bits per heavy atom. The molecule has 7 nitrogen and oxygen atoms in total. The number of amides is 1. The maximum absolute atomic E-state index is 12.7. The molecule has 2 aliphatic heterocycles. The van der Waals surface area contributed by atoms with Crippen LogP contribution in [0.2, 0.25) is 0 Å². The molecule has 3 heterocycles. The molecule has 1 aromatic heterocycles. The lowest BCUT2D eigenvalue weighted by Gasteiger charge is -2.36. The molecule has 2 aromatic rings. The van der Waals surface area contributed by atoms with Gasteiger partial charge in [0.05, 0.1) is 0 Å². The van der Waals surface area contributed by atoms with Crippen molar-refractivity contribution in [3.05, 3.63) is 36.3 Å². The minimum atomic E-state index is -0.264. The van der Waals surface area contributed by atoms with Gasteiger partial charge in [0.25, 0.3) is 5.91 Å². The normalized spacial score (nSPS) is 18.9. The number of carbonyl (C=O) groups is 1. The molecule has 0 spiro atoms. The lowest BCUT2D eigenvalue weighted by atomic mass is 10.00. The van der Waals surface area contributed by atoms with Crippen molar-refractivity contribution < 1.29 is 14.3 Å². The molecule has 1 fully saturated rings. The molecule has 1 N–H and O–H groups in total. The highest BCUT2D eigenvalue weighted by molar-refractivity contribution is 6.03. The van der Waals surface area contributed by atoms with Gasteiger partial charge in [-0.3, -0.25) is 4.79 Å². The number of nitrogens with one attached hydrogen (secondary N) is 1. The van der Waals surface area contributed by atoms with Crippen LogP contribution in [0.4, 0.5) is 11.5 Å². The number of benzene rings is 1. The summed E-state index contributed by atoms with van der Waals surface area (Å²) < 4.78 is 11.1. The second-order valence-electron chi connectivity index (χ2n) is 6.83. The third kappa shape index (κ3) is 3.82. The fourth-order valence-electron chi connectivity index (χ4n) is 3.67. The van der Waals surface area contributed by atoms with Crippen LogP contribution in [0.25, 0.3) is 0 Å². The summed E-state index contributed by atoms with van der Waals surface area (Å²) in [6.07, 6.45) is 6.11. The van der Waals surface area contributed by atoms with Gasteiger partial charge in [0, 0.05) is 30.4 Å². The van der Waals surface area contributed by atoms with Crippen LogP contribution in [0.15, 0.2) is 30.6 Å². The van der Waals surface area contributed by atoms with Crippen LogP contribution in [0.5, 0.6) is 11.5 Å². The second-order valence-corrected chi connectivity index (χ2v) is 6.83. The zero-order chi connectivity index (χ0) is 18.6. The first-order chi connectivity index (χ1) is 13.2. The summed E-state index contributed by atoms with van der Waals surface area (Å²) in [6.45, 7) is 4.21. The molecule has 0 radical (unpaired) electrons. The van der Waals surface area contributed by atoms with Gasteiger partial charge in [-0.2, -0.15) is 0 Å². The lowest BCUT2D eigenvalue weighted by molar-refractivity contribution is 0.102. The van der Waals surface area contributed by atoms with Gasteiger partial charge in [0.2, 0.25) is 0 Å². The smallest absolute Gasteiger partial charge is 0.274 e. The van der Waals surface area contributed by atoms with Crippen molar-refractivity contribution >= 4 is 17.4 Å². The number of rotatable bonds is 4. The Hall–Kier alpha value is -2.83. The summed E-state index contributed by atoms with van der Waals surface area (Å²) in [5, 5.41) is 2.88. The number of aromatic nitrogens is 2. The number of ether oxygens (including phenoxy) is 2. The van der Waals surface area contributed by atoms with E-state index >= 15 is 0 Å². The monoisotopic (exact) mass is 368 g/mol. The van der Waals surface area contributed by atoms with Crippen LogP contribution < -0.4 is 19.7 Å². The summed E-state index contributed by atoms with van der Waals surface area (Å²) in [5.41, 5.74) is 1.00. The van der Waals surface area contributed by atoms with Gasteiger partial charge in [-0.15, -0.1) is 0 Å². The van der Waals surface area contributed by atoms with Crippen molar-refractivity contribution in [2.24, 2.45) is 0 Å². The lowest BCUT2D eigenvalue weighted by Crippen LogP contribution is -2.39. The van der Waals surface area contributed by atoms with Crippen molar-refractivity contribution in [1.29, 1.82) is 0 Å². The summed E-state index contributed by atoms with van der Waals surface area (Å²) in [7, 11) is 0. The Morgan fingerprint density at radius 2 is 2.04 bits per heavy atom. The maximum Gasteiger partial charge on any atom is 0.274 e. The number of piperidine rings is 1. The molecule has 0 bridgehead atoms. The molecule has 142 valence electrons. The molecule has 1 saturated heterocycles. The van der Waals surface area contributed by atoms with Gasteiger partial charge in [0.15, 0.2) is 11.5 Å². The van der Waals surface area contributed by atoms with E-state index in [2.05, 4.69) is 27.1 Å². The van der Waals surface area contributed by atoms with Gasteiger partial charge in [-0.25, -0.2) is 9.97 Å². The van der Waals surface area contributed by atoms with Crippen LogP contribution >= 0.6 is 0 Å². The number of carbonyl (C=O) groups excluding carboxylic acids is 1. The summed E-state index contributed by atoms with van der Waals surface area (Å²) in [5.74, 6) is 1.89. The molecule has 2 aliphatic rings. The fourth-order valence-corrected chi connectivity index (χ4v) is 3.67. The summed E-state index contributed by atoms with van der Waals surface area (Å²) >= 11 is 0. The fraction of sp³-hybridized carbons (Fsp3) is 0.450. The third-order valence-electron chi connectivity index (χ3n) is 5.08. The largest absolute Gasteiger partial charge is 0.486 e. The summed E-state index contributed by atoms with van der Waals surface area (Å²) in [4.78, 5) is 23.5. The highest BCUT2D eigenvalue weighted by Crippen LogP contribution is 2.32.